The number of nitrogens with one attached hydrogen (secondary N) is 2. The summed E-state index contributed by atoms with van der Waals surface area (Å²) < 4.78 is 26.4. The van der Waals surface area contributed by atoms with E-state index in [2.05, 4.69) is 10.6 Å². The number of carbonyl (C=O) groups is 1. The molecule has 0 unspecified atom stereocenters. The van der Waals surface area contributed by atoms with E-state index >= 15 is 0 Å². The molecule has 3 nitrogen and oxygen atoms in total. The minimum Gasteiger partial charge on any atom is -0.307 e. The van der Waals surface area contributed by atoms with E-state index in [1.165, 1.54) is 0 Å². The highest BCUT2D eigenvalue weighted by Gasteiger charge is 2.09. The van der Waals surface area contributed by atoms with Gasteiger partial charge in [-0.1, -0.05) is 17.7 Å². The zero-order chi connectivity index (χ0) is 14.7. The summed E-state index contributed by atoms with van der Waals surface area (Å²) in [5.74, 6) is -1.31. The van der Waals surface area contributed by atoms with Crippen molar-refractivity contribution < 1.29 is 13.6 Å². The molecule has 20 heavy (non-hydrogen) atoms. The minimum atomic E-state index is -0.692. The molecule has 5 heteroatoms. The SMILES string of the molecule is Cc1ccc(NC(=O)Nc2cc(F)ccc2F)c(C)c1. The maximum atomic E-state index is 13.4. The van der Waals surface area contributed by atoms with Crippen molar-refractivity contribution in [1.82, 2.24) is 0 Å². The minimum absolute atomic E-state index is 0.202. The van der Waals surface area contributed by atoms with Crippen LogP contribution in [-0.2, 0) is 0 Å². The van der Waals surface area contributed by atoms with Gasteiger partial charge in [0.25, 0.3) is 0 Å². The quantitative estimate of drug-likeness (QED) is 0.847. The normalized spacial score (nSPS) is 10.2. The first-order valence-corrected chi connectivity index (χ1v) is 6.06. The second-order valence-electron chi connectivity index (χ2n) is 4.52. The summed E-state index contributed by atoms with van der Waals surface area (Å²) in [7, 11) is 0. The number of halogens is 2. The number of benzene rings is 2. The number of carbonyl (C=O) groups excluding carboxylic acids is 1. The third kappa shape index (κ3) is 3.32. The van der Waals surface area contributed by atoms with Crippen LogP contribution in [0.25, 0.3) is 0 Å². The van der Waals surface area contributed by atoms with Gasteiger partial charge in [0.15, 0.2) is 0 Å². The van der Waals surface area contributed by atoms with Crippen LogP contribution in [0.4, 0.5) is 25.0 Å². The molecule has 2 rings (SSSR count). The van der Waals surface area contributed by atoms with Gasteiger partial charge in [0.1, 0.15) is 11.6 Å². The molecule has 2 aromatic carbocycles. The molecule has 2 amide bonds. The van der Waals surface area contributed by atoms with Gasteiger partial charge in [-0.3, -0.25) is 0 Å². The van der Waals surface area contributed by atoms with Crippen LogP contribution in [0.15, 0.2) is 36.4 Å². The fraction of sp³-hybridized carbons (Fsp3) is 0.133. The molecule has 0 heterocycles. The highest BCUT2D eigenvalue weighted by Crippen LogP contribution is 2.18. The summed E-state index contributed by atoms with van der Waals surface area (Å²) in [6.45, 7) is 3.80. The number of hydrogen-bond donors (Lipinski definition) is 2. The maximum Gasteiger partial charge on any atom is 0.323 e. The molecule has 2 aromatic rings. The Labute approximate surface area is 115 Å². The van der Waals surface area contributed by atoms with Gasteiger partial charge < -0.3 is 10.6 Å². The standard InChI is InChI=1S/C15H14F2N2O/c1-9-3-6-13(10(2)7-9)18-15(20)19-14-8-11(16)4-5-12(14)17/h3-8H,1-2H3,(H2,18,19,20). The van der Waals surface area contributed by atoms with E-state index in [-0.39, 0.29) is 5.69 Å². The summed E-state index contributed by atoms with van der Waals surface area (Å²) in [4.78, 5) is 11.8. The molecule has 0 aliphatic carbocycles. The first-order chi connectivity index (χ1) is 9.45. The van der Waals surface area contributed by atoms with Crippen molar-refractivity contribution in [2.24, 2.45) is 0 Å². The lowest BCUT2D eigenvalue weighted by Crippen LogP contribution is -2.20. The fourth-order valence-electron chi connectivity index (χ4n) is 1.82. The van der Waals surface area contributed by atoms with Gasteiger partial charge in [-0.05, 0) is 37.6 Å². The van der Waals surface area contributed by atoms with Gasteiger partial charge in [-0.15, -0.1) is 0 Å². The van der Waals surface area contributed by atoms with Gasteiger partial charge >= 0.3 is 6.03 Å². The molecule has 0 radical (unpaired) electrons. The molecule has 0 bridgehead atoms. The maximum absolute atomic E-state index is 13.4. The van der Waals surface area contributed by atoms with E-state index in [0.29, 0.717) is 5.69 Å². The summed E-state index contributed by atoms with van der Waals surface area (Å²) in [5, 5.41) is 4.87. The number of rotatable bonds is 2. The zero-order valence-electron chi connectivity index (χ0n) is 11.1. The zero-order valence-corrected chi connectivity index (χ0v) is 11.1. The molecular weight excluding hydrogens is 262 g/mol. The van der Waals surface area contributed by atoms with Crippen LogP contribution in [-0.4, -0.2) is 6.03 Å². The second kappa shape index (κ2) is 5.69. The number of amides is 2. The molecule has 0 saturated carbocycles. The van der Waals surface area contributed by atoms with E-state index in [1.54, 1.807) is 6.07 Å². The molecule has 0 aliphatic heterocycles. The van der Waals surface area contributed by atoms with Crippen molar-refractivity contribution in [2.45, 2.75) is 13.8 Å². The number of aryl methyl sites for hydroxylation is 2. The molecule has 104 valence electrons. The Morgan fingerprint density at radius 1 is 0.950 bits per heavy atom. The Morgan fingerprint density at radius 2 is 1.65 bits per heavy atom. The first-order valence-electron chi connectivity index (χ1n) is 6.06. The largest absolute Gasteiger partial charge is 0.323 e. The van der Waals surface area contributed by atoms with Crippen molar-refractivity contribution in [3.8, 4) is 0 Å². The predicted octanol–water partition coefficient (Wildman–Crippen LogP) is 4.23. The average molecular weight is 276 g/mol. The predicted molar refractivity (Wildman–Crippen MR) is 74.9 cm³/mol. The highest BCUT2D eigenvalue weighted by molar-refractivity contribution is 6.00. The Kier molecular flexibility index (Phi) is 3.98. The van der Waals surface area contributed by atoms with E-state index < -0.39 is 17.7 Å². The lowest BCUT2D eigenvalue weighted by atomic mass is 10.1. The first kappa shape index (κ1) is 14.0. The van der Waals surface area contributed by atoms with E-state index in [0.717, 1.165) is 29.3 Å². The van der Waals surface area contributed by atoms with E-state index in [9.17, 15) is 13.6 Å². The number of anilines is 2. The Balaban J connectivity index is 2.11. The smallest absolute Gasteiger partial charge is 0.307 e. The van der Waals surface area contributed by atoms with Crippen LogP contribution in [0.2, 0.25) is 0 Å². The van der Waals surface area contributed by atoms with Gasteiger partial charge in [0.2, 0.25) is 0 Å². The molecule has 2 N–H and O–H groups in total. The molecule has 0 fully saturated rings. The van der Waals surface area contributed by atoms with Gasteiger partial charge in [-0.25, -0.2) is 13.6 Å². The summed E-state index contributed by atoms with van der Waals surface area (Å²) in [6.07, 6.45) is 0. The Bertz CT molecular complexity index is 656. The Hall–Kier alpha value is -2.43. The summed E-state index contributed by atoms with van der Waals surface area (Å²) >= 11 is 0. The molecule has 0 saturated heterocycles. The van der Waals surface area contributed by atoms with Crippen molar-refractivity contribution in [3.63, 3.8) is 0 Å². The van der Waals surface area contributed by atoms with Gasteiger partial charge in [0, 0.05) is 11.8 Å². The van der Waals surface area contributed by atoms with E-state index in [4.69, 9.17) is 0 Å². The Morgan fingerprint density at radius 3 is 2.35 bits per heavy atom. The van der Waals surface area contributed by atoms with Crippen LogP contribution in [0.3, 0.4) is 0 Å². The highest BCUT2D eigenvalue weighted by atomic mass is 19.1. The topological polar surface area (TPSA) is 41.1 Å². The van der Waals surface area contributed by atoms with Crippen LogP contribution >= 0.6 is 0 Å². The second-order valence-corrected chi connectivity index (χ2v) is 4.52. The third-order valence-electron chi connectivity index (χ3n) is 2.81. The lowest BCUT2D eigenvalue weighted by Gasteiger charge is -2.11. The van der Waals surface area contributed by atoms with Crippen LogP contribution in [0, 0.1) is 25.5 Å². The van der Waals surface area contributed by atoms with Crippen molar-refractivity contribution in [2.75, 3.05) is 10.6 Å². The molecular formula is C15H14F2N2O. The van der Waals surface area contributed by atoms with E-state index in [1.807, 2.05) is 26.0 Å². The summed E-state index contributed by atoms with van der Waals surface area (Å²) in [5.41, 5.74) is 2.38. The number of urea groups is 1. The molecule has 0 aliphatic rings. The molecule has 0 aromatic heterocycles. The lowest BCUT2D eigenvalue weighted by molar-refractivity contribution is 0.262. The average Bonchev–Trinajstić information content (AvgIpc) is 2.37. The third-order valence-corrected chi connectivity index (χ3v) is 2.81. The molecule has 0 atom stereocenters. The molecule has 0 spiro atoms. The van der Waals surface area contributed by atoms with Crippen molar-refractivity contribution >= 4 is 17.4 Å². The van der Waals surface area contributed by atoms with Crippen LogP contribution in [0.5, 0.6) is 0 Å². The van der Waals surface area contributed by atoms with Crippen LogP contribution < -0.4 is 10.6 Å². The van der Waals surface area contributed by atoms with Gasteiger partial charge in [0.05, 0.1) is 5.69 Å². The summed E-state index contributed by atoms with van der Waals surface area (Å²) in [6, 6.07) is 7.78. The van der Waals surface area contributed by atoms with Gasteiger partial charge in [-0.2, -0.15) is 0 Å². The number of hydrogen-bond acceptors (Lipinski definition) is 1. The fourth-order valence-corrected chi connectivity index (χ4v) is 1.82. The monoisotopic (exact) mass is 276 g/mol. The van der Waals surface area contributed by atoms with Crippen LogP contribution in [0.1, 0.15) is 11.1 Å². The van der Waals surface area contributed by atoms with Crippen molar-refractivity contribution in [1.29, 1.82) is 0 Å². The van der Waals surface area contributed by atoms with Crippen molar-refractivity contribution in [3.05, 3.63) is 59.2 Å².